The number of benzene rings is 2. The topological polar surface area (TPSA) is 75.7 Å². The van der Waals surface area contributed by atoms with E-state index in [1.54, 1.807) is 12.1 Å². The van der Waals surface area contributed by atoms with Crippen molar-refractivity contribution in [1.29, 1.82) is 0 Å². The van der Waals surface area contributed by atoms with Gasteiger partial charge in [-0.3, -0.25) is 4.79 Å². The van der Waals surface area contributed by atoms with E-state index in [-0.39, 0.29) is 16.3 Å². The Morgan fingerprint density at radius 3 is 2.19 bits per heavy atom. The third-order valence-corrected chi connectivity index (χ3v) is 7.07. The lowest BCUT2D eigenvalue weighted by molar-refractivity contribution is 0.0730. The fourth-order valence-corrected chi connectivity index (χ4v) is 4.78. The van der Waals surface area contributed by atoms with Crippen molar-refractivity contribution in [3.05, 3.63) is 65.7 Å². The molecule has 1 aliphatic heterocycles. The van der Waals surface area contributed by atoms with Crippen LogP contribution in [0.2, 0.25) is 0 Å². The van der Waals surface area contributed by atoms with Crippen molar-refractivity contribution in [2.45, 2.75) is 23.3 Å². The highest BCUT2D eigenvalue weighted by Crippen LogP contribution is 2.45. The Morgan fingerprint density at radius 1 is 0.963 bits per heavy atom. The number of hydrogen-bond donors (Lipinski definition) is 1. The number of nitrogens with zero attached hydrogens (tertiary/aromatic N) is 1. The summed E-state index contributed by atoms with van der Waals surface area (Å²) < 4.78 is 32.0. The van der Waals surface area contributed by atoms with Crippen molar-refractivity contribution in [3.63, 3.8) is 0 Å². The summed E-state index contributed by atoms with van der Waals surface area (Å²) >= 11 is 0. The van der Waals surface area contributed by atoms with Crippen LogP contribution in [0.25, 0.3) is 0 Å². The molecule has 2 fully saturated rings. The predicted octanol–water partition coefficient (Wildman–Crippen LogP) is 2.13. The van der Waals surface area contributed by atoms with Gasteiger partial charge in [-0.1, -0.05) is 30.3 Å². The molecule has 0 spiro atoms. The van der Waals surface area contributed by atoms with Gasteiger partial charge in [0, 0.05) is 18.7 Å². The van der Waals surface area contributed by atoms with E-state index < -0.39 is 10.0 Å². The lowest BCUT2D eigenvalue weighted by Gasteiger charge is -2.26. The van der Waals surface area contributed by atoms with E-state index in [2.05, 4.69) is 5.32 Å². The van der Waals surface area contributed by atoms with Gasteiger partial charge in [0.15, 0.2) is 0 Å². The SMILES string of the molecule is O=C(NC1(c2ccccc2)CC1)c1ccc(S(=O)(=O)N2CCOCC2)cc1. The maximum atomic E-state index is 12.7. The van der Waals surface area contributed by atoms with E-state index in [0.29, 0.717) is 31.9 Å². The van der Waals surface area contributed by atoms with Gasteiger partial charge in [0.2, 0.25) is 10.0 Å². The van der Waals surface area contributed by atoms with E-state index in [9.17, 15) is 13.2 Å². The van der Waals surface area contributed by atoms with Crippen LogP contribution < -0.4 is 5.32 Å². The first-order valence-electron chi connectivity index (χ1n) is 9.07. The summed E-state index contributed by atoms with van der Waals surface area (Å²) in [5.41, 5.74) is 1.26. The second-order valence-corrected chi connectivity index (χ2v) is 8.88. The van der Waals surface area contributed by atoms with Crippen molar-refractivity contribution >= 4 is 15.9 Å². The van der Waals surface area contributed by atoms with Gasteiger partial charge < -0.3 is 10.1 Å². The minimum atomic E-state index is -3.55. The van der Waals surface area contributed by atoms with Gasteiger partial charge in [0.1, 0.15) is 0 Å². The first-order chi connectivity index (χ1) is 13.0. The number of morpholine rings is 1. The average molecular weight is 386 g/mol. The maximum Gasteiger partial charge on any atom is 0.251 e. The van der Waals surface area contributed by atoms with E-state index in [4.69, 9.17) is 4.74 Å². The zero-order valence-corrected chi connectivity index (χ0v) is 15.7. The summed E-state index contributed by atoms with van der Waals surface area (Å²) in [7, 11) is -3.55. The van der Waals surface area contributed by atoms with Crippen LogP contribution in [-0.4, -0.2) is 44.9 Å². The number of carbonyl (C=O) groups excluding carboxylic acids is 1. The summed E-state index contributed by atoms with van der Waals surface area (Å²) in [5.74, 6) is -0.188. The van der Waals surface area contributed by atoms with Crippen LogP contribution in [0.5, 0.6) is 0 Å². The Bertz CT molecular complexity index is 916. The number of ether oxygens (including phenoxy) is 1. The molecule has 1 heterocycles. The number of hydrogen-bond acceptors (Lipinski definition) is 4. The highest BCUT2D eigenvalue weighted by molar-refractivity contribution is 7.89. The molecule has 6 nitrogen and oxygen atoms in total. The summed E-state index contributed by atoms with van der Waals surface area (Å²) in [6, 6.07) is 16.1. The maximum absolute atomic E-state index is 12.7. The highest BCUT2D eigenvalue weighted by atomic mass is 32.2. The molecule has 1 saturated heterocycles. The Hall–Kier alpha value is -2.22. The first-order valence-corrected chi connectivity index (χ1v) is 10.5. The zero-order chi connectivity index (χ0) is 18.9. The Labute approximate surface area is 159 Å². The minimum Gasteiger partial charge on any atom is -0.379 e. The number of carbonyl (C=O) groups is 1. The van der Waals surface area contributed by atoms with E-state index >= 15 is 0 Å². The molecule has 1 aliphatic carbocycles. The number of sulfonamides is 1. The Morgan fingerprint density at radius 2 is 1.59 bits per heavy atom. The average Bonchev–Trinajstić information content (AvgIpc) is 3.50. The predicted molar refractivity (Wildman–Crippen MR) is 101 cm³/mol. The fraction of sp³-hybridized carbons (Fsp3) is 0.350. The van der Waals surface area contributed by atoms with Crippen molar-refractivity contribution in [1.82, 2.24) is 9.62 Å². The summed E-state index contributed by atoms with van der Waals surface area (Å²) in [5, 5.41) is 3.11. The molecule has 0 bridgehead atoms. The van der Waals surface area contributed by atoms with Crippen molar-refractivity contribution in [2.75, 3.05) is 26.3 Å². The summed E-state index contributed by atoms with van der Waals surface area (Å²) in [4.78, 5) is 12.8. The smallest absolute Gasteiger partial charge is 0.251 e. The number of nitrogens with one attached hydrogen (secondary N) is 1. The number of rotatable bonds is 5. The molecule has 7 heteroatoms. The monoisotopic (exact) mass is 386 g/mol. The van der Waals surface area contributed by atoms with Crippen molar-refractivity contribution in [2.24, 2.45) is 0 Å². The fourth-order valence-electron chi connectivity index (χ4n) is 3.37. The Kier molecular flexibility index (Phi) is 4.75. The summed E-state index contributed by atoms with van der Waals surface area (Å²) in [6.45, 7) is 1.51. The Balaban J connectivity index is 1.48. The van der Waals surface area contributed by atoms with Gasteiger partial charge in [-0.15, -0.1) is 0 Å². The van der Waals surface area contributed by atoms with Gasteiger partial charge in [-0.2, -0.15) is 4.31 Å². The molecular weight excluding hydrogens is 364 g/mol. The molecule has 2 aliphatic rings. The first kappa shape index (κ1) is 18.2. The lowest BCUT2D eigenvalue weighted by atomic mass is 10.0. The minimum absolute atomic E-state index is 0.188. The molecule has 0 aromatic heterocycles. The van der Waals surface area contributed by atoms with Crippen molar-refractivity contribution in [3.8, 4) is 0 Å². The third-order valence-electron chi connectivity index (χ3n) is 5.15. The molecule has 0 atom stereocenters. The standard InChI is InChI=1S/C20H22N2O4S/c23-19(21-20(10-11-20)17-4-2-1-3-5-17)16-6-8-18(9-7-16)27(24,25)22-12-14-26-15-13-22/h1-9H,10-15H2,(H,21,23). The molecule has 27 heavy (non-hydrogen) atoms. The molecule has 1 N–H and O–H groups in total. The molecule has 1 amide bonds. The van der Waals surface area contributed by atoms with Crippen LogP contribution in [-0.2, 0) is 20.3 Å². The normalized spacial score (nSPS) is 19.4. The summed E-state index contributed by atoms with van der Waals surface area (Å²) in [6.07, 6.45) is 1.82. The largest absolute Gasteiger partial charge is 0.379 e. The van der Waals surface area contributed by atoms with Gasteiger partial charge in [-0.05, 0) is 42.7 Å². The second-order valence-electron chi connectivity index (χ2n) is 6.94. The molecule has 142 valence electrons. The van der Waals surface area contributed by atoms with Gasteiger partial charge in [0.25, 0.3) is 5.91 Å². The van der Waals surface area contributed by atoms with Crippen LogP contribution >= 0.6 is 0 Å². The molecular formula is C20H22N2O4S. The molecule has 1 saturated carbocycles. The van der Waals surface area contributed by atoms with Gasteiger partial charge in [-0.25, -0.2) is 8.42 Å². The quantitative estimate of drug-likeness (QED) is 0.854. The lowest BCUT2D eigenvalue weighted by Crippen LogP contribution is -2.40. The van der Waals surface area contributed by atoms with E-state index in [1.807, 2.05) is 30.3 Å². The molecule has 2 aromatic rings. The zero-order valence-electron chi connectivity index (χ0n) is 14.9. The van der Waals surface area contributed by atoms with Gasteiger partial charge >= 0.3 is 0 Å². The number of amides is 1. The van der Waals surface area contributed by atoms with E-state index in [1.165, 1.54) is 16.4 Å². The highest BCUT2D eigenvalue weighted by Gasteiger charge is 2.45. The van der Waals surface area contributed by atoms with E-state index in [0.717, 1.165) is 18.4 Å². The van der Waals surface area contributed by atoms with Crippen LogP contribution in [0.3, 0.4) is 0 Å². The van der Waals surface area contributed by atoms with Crippen LogP contribution in [0.15, 0.2) is 59.5 Å². The van der Waals surface area contributed by atoms with Crippen LogP contribution in [0, 0.1) is 0 Å². The molecule has 0 radical (unpaired) electrons. The van der Waals surface area contributed by atoms with Crippen molar-refractivity contribution < 1.29 is 17.9 Å². The molecule has 4 rings (SSSR count). The van der Waals surface area contributed by atoms with Crippen LogP contribution in [0.1, 0.15) is 28.8 Å². The molecule has 2 aromatic carbocycles. The van der Waals surface area contributed by atoms with Crippen LogP contribution in [0.4, 0.5) is 0 Å². The van der Waals surface area contributed by atoms with Gasteiger partial charge in [0.05, 0.1) is 23.6 Å². The molecule has 0 unspecified atom stereocenters. The second kappa shape index (κ2) is 7.07. The third kappa shape index (κ3) is 3.63.